The summed E-state index contributed by atoms with van der Waals surface area (Å²) in [5.41, 5.74) is 1.86. The first-order chi connectivity index (χ1) is 9.61. The molecule has 1 aromatic heterocycles. The summed E-state index contributed by atoms with van der Waals surface area (Å²) in [7, 11) is 0. The number of nitrogens with one attached hydrogen (secondary N) is 1. The monoisotopic (exact) mass is 404 g/mol. The van der Waals surface area contributed by atoms with Crippen molar-refractivity contribution in [1.82, 2.24) is 9.55 Å². The van der Waals surface area contributed by atoms with Gasteiger partial charge in [0.25, 0.3) is 0 Å². The molecule has 108 valence electrons. The number of aromatic amines is 1. The number of H-pyrrole nitrogens is 1. The summed E-state index contributed by atoms with van der Waals surface area (Å²) in [6.45, 7) is 2.24. The Morgan fingerprint density at radius 1 is 1.40 bits per heavy atom. The Hall–Kier alpha value is -0.430. The molecule has 0 radical (unpaired) electrons. The van der Waals surface area contributed by atoms with E-state index in [1.54, 1.807) is 6.07 Å². The lowest BCUT2D eigenvalue weighted by Gasteiger charge is -2.32. The highest BCUT2D eigenvalue weighted by molar-refractivity contribution is 14.1. The van der Waals surface area contributed by atoms with Crippen LogP contribution in [0.25, 0.3) is 11.0 Å². The van der Waals surface area contributed by atoms with Crippen LogP contribution in [0.5, 0.6) is 0 Å². The van der Waals surface area contributed by atoms with E-state index in [0.717, 1.165) is 28.6 Å². The van der Waals surface area contributed by atoms with E-state index >= 15 is 0 Å². The second-order valence-electron chi connectivity index (χ2n) is 5.60. The summed E-state index contributed by atoms with van der Waals surface area (Å²) < 4.78 is 17.4. The van der Waals surface area contributed by atoms with Crippen molar-refractivity contribution in [3.63, 3.8) is 0 Å². The van der Waals surface area contributed by atoms with Crippen molar-refractivity contribution in [2.24, 2.45) is 5.92 Å². The zero-order chi connectivity index (χ0) is 14.3. The van der Waals surface area contributed by atoms with E-state index in [1.165, 1.54) is 19.3 Å². The van der Waals surface area contributed by atoms with Gasteiger partial charge in [-0.05, 0) is 59.6 Å². The standard InChI is InChI=1S/C15H18FIN2S/c1-2-9-5-3-4-6-13(9)19-14-7-10(16)11(17)8-12(14)18-15(19)20/h7-9,13H,2-6H2,1H3,(H,18,20). The van der Waals surface area contributed by atoms with Gasteiger partial charge >= 0.3 is 0 Å². The minimum absolute atomic E-state index is 0.162. The number of benzene rings is 1. The smallest absolute Gasteiger partial charge is 0.178 e. The number of imidazole rings is 1. The van der Waals surface area contributed by atoms with Gasteiger partial charge in [-0.1, -0.05) is 26.2 Å². The SMILES string of the molecule is CCC1CCCCC1n1c(=S)[nH]c2cc(I)c(F)cc21. The van der Waals surface area contributed by atoms with Crippen molar-refractivity contribution >= 4 is 45.8 Å². The van der Waals surface area contributed by atoms with Crippen molar-refractivity contribution in [2.75, 3.05) is 0 Å². The summed E-state index contributed by atoms with van der Waals surface area (Å²) in [6.07, 6.45) is 6.10. The Bertz CT molecular complexity index is 691. The molecule has 0 amide bonds. The number of halogens is 2. The molecule has 20 heavy (non-hydrogen) atoms. The molecular weight excluding hydrogens is 386 g/mol. The van der Waals surface area contributed by atoms with Crippen molar-refractivity contribution in [2.45, 2.75) is 45.1 Å². The third-order valence-corrected chi connectivity index (χ3v) is 5.61. The van der Waals surface area contributed by atoms with Crippen molar-refractivity contribution < 1.29 is 4.39 Å². The van der Waals surface area contributed by atoms with Gasteiger partial charge in [-0.15, -0.1) is 0 Å². The molecule has 2 unspecified atom stereocenters. The van der Waals surface area contributed by atoms with E-state index in [0.29, 0.717) is 15.5 Å². The number of fused-ring (bicyclic) bond motifs is 1. The summed E-state index contributed by atoms with van der Waals surface area (Å²) in [6, 6.07) is 3.89. The van der Waals surface area contributed by atoms with Gasteiger partial charge in [-0.25, -0.2) is 4.39 Å². The average Bonchev–Trinajstić information content (AvgIpc) is 2.74. The van der Waals surface area contributed by atoms with Crippen molar-refractivity contribution in [3.05, 3.63) is 26.3 Å². The van der Waals surface area contributed by atoms with Gasteiger partial charge in [0.2, 0.25) is 0 Å². The lowest BCUT2D eigenvalue weighted by molar-refractivity contribution is 0.235. The van der Waals surface area contributed by atoms with Crippen LogP contribution >= 0.6 is 34.8 Å². The molecule has 1 aliphatic carbocycles. The molecule has 2 aromatic rings. The Morgan fingerprint density at radius 3 is 2.90 bits per heavy atom. The number of rotatable bonds is 2. The fourth-order valence-corrected chi connectivity index (χ4v) is 4.26. The highest BCUT2D eigenvalue weighted by atomic mass is 127. The normalized spacial score (nSPS) is 23.4. The van der Waals surface area contributed by atoms with Crippen LogP contribution in [0.2, 0.25) is 0 Å². The first-order valence-corrected chi connectivity index (χ1v) is 8.69. The zero-order valence-electron chi connectivity index (χ0n) is 11.5. The molecule has 2 nitrogen and oxygen atoms in total. The Morgan fingerprint density at radius 2 is 2.15 bits per heavy atom. The second kappa shape index (κ2) is 5.75. The van der Waals surface area contributed by atoms with Gasteiger partial charge in [0, 0.05) is 12.1 Å². The van der Waals surface area contributed by atoms with Crippen LogP contribution in [0.4, 0.5) is 4.39 Å². The first kappa shape index (κ1) is 14.5. The third kappa shape index (κ3) is 2.43. The molecule has 1 aromatic carbocycles. The zero-order valence-corrected chi connectivity index (χ0v) is 14.4. The molecule has 1 aliphatic rings. The van der Waals surface area contributed by atoms with E-state index in [-0.39, 0.29) is 5.82 Å². The molecule has 1 saturated carbocycles. The first-order valence-electron chi connectivity index (χ1n) is 7.21. The minimum Gasteiger partial charge on any atom is -0.331 e. The van der Waals surface area contributed by atoms with Gasteiger partial charge in [0.1, 0.15) is 5.82 Å². The molecule has 0 saturated heterocycles. The molecule has 2 atom stereocenters. The van der Waals surface area contributed by atoms with E-state index in [9.17, 15) is 4.39 Å². The molecule has 0 bridgehead atoms. The number of hydrogen-bond acceptors (Lipinski definition) is 1. The lowest BCUT2D eigenvalue weighted by Crippen LogP contribution is -2.22. The number of nitrogens with zero attached hydrogens (tertiary/aromatic N) is 1. The Balaban J connectivity index is 2.17. The predicted molar refractivity (Wildman–Crippen MR) is 91.1 cm³/mol. The summed E-state index contributed by atoms with van der Waals surface area (Å²) in [5.74, 6) is 0.487. The maximum absolute atomic E-state index is 13.9. The third-order valence-electron chi connectivity index (χ3n) is 4.48. The Kier molecular flexibility index (Phi) is 4.17. The van der Waals surface area contributed by atoms with Crippen LogP contribution in [-0.2, 0) is 0 Å². The highest BCUT2D eigenvalue weighted by Crippen LogP contribution is 2.38. The van der Waals surface area contributed by atoms with Crippen LogP contribution in [0.3, 0.4) is 0 Å². The number of aromatic nitrogens is 2. The predicted octanol–water partition coefficient (Wildman–Crippen LogP) is 5.58. The lowest BCUT2D eigenvalue weighted by atomic mass is 9.82. The van der Waals surface area contributed by atoms with E-state index in [4.69, 9.17) is 12.2 Å². The molecule has 5 heteroatoms. The van der Waals surface area contributed by atoms with Gasteiger partial charge in [0.05, 0.1) is 14.6 Å². The fraction of sp³-hybridized carbons (Fsp3) is 0.533. The highest BCUT2D eigenvalue weighted by Gasteiger charge is 2.27. The van der Waals surface area contributed by atoms with Crippen molar-refractivity contribution in [3.8, 4) is 0 Å². The summed E-state index contributed by atoms with van der Waals surface area (Å²) in [4.78, 5) is 3.24. The molecule has 1 fully saturated rings. The number of hydrogen-bond donors (Lipinski definition) is 1. The van der Waals surface area contributed by atoms with Crippen LogP contribution in [0.1, 0.15) is 45.1 Å². The molecule has 1 heterocycles. The largest absolute Gasteiger partial charge is 0.331 e. The van der Waals surface area contributed by atoms with Gasteiger partial charge in [-0.2, -0.15) is 0 Å². The minimum atomic E-state index is -0.162. The molecule has 1 N–H and O–H groups in total. The molecular formula is C15H18FIN2S. The van der Waals surface area contributed by atoms with E-state index in [1.807, 2.05) is 28.7 Å². The van der Waals surface area contributed by atoms with Gasteiger partial charge in [-0.3, -0.25) is 0 Å². The molecule has 0 aliphatic heterocycles. The molecule has 3 rings (SSSR count). The fourth-order valence-electron chi connectivity index (χ4n) is 3.45. The van der Waals surface area contributed by atoms with Gasteiger partial charge < -0.3 is 9.55 Å². The summed E-state index contributed by atoms with van der Waals surface area (Å²) in [5, 5.41) is 0. The average molecular weight is 404 g/mol. The second-order valence-corrected chi connectivity index (χ2v) is 7.15. The van der Waals surface area contributed by atoms with Crippen LogP contribution in [-0.4, -0.2) is 9.55 Å². The molecule has 0 spiro atoms. The maximum atomic E-state index is 13.9. The van der Waals surface area contributed by atoms with E-state index in [2.05, 4.69) is 16.5 Å². The van der Waals surface area contributed by atoms with Gasteiger partial charge in [0.15, 0.2) is 4.77 Å². The maximum Gasteiger partial charge on any atom is 0.178 e. The summed E-state index contributed by atoms with van der Waals surface area (Å²) >= 11 is 7.52. The topological polar surface area (TPSA) is 20.7 Å². The van der Waals surface area contributed by atoms with Crippen LogP contribution in [0.15, 0.2) is 12.1 Å². The van der Waals surface area contributed by atoms with E-state index < -0.39 is 0 Å². The van der Waals surface area contributed by atoms with Crippen molar-refractivity contribution in [1.29, 1.82) is 0 Å². The van der Waals surface area contributed by atoms with Crippen LogP contribution < -0.4 is 0 Å². The quantitative estimate of drug-likeness (QED) is 0.512. The van der Waals surface area contributed by atoms with Crippen LogP contribution in [0, 0.1) is 20.1 Å². The Labute approximate surface area is 136 Å².